The third-order valence-corrected chi connectivity index (χ3v) is 3.40. The van der Waals surface area contributed by atoms with Crippen LogP contribution < -0.4 is 0 Å². The summed E-state index contributed by atoms with van der Waals surface area (Å²) in [7, 11) is 0. The summed E-state index contributed by atoms with van der Waals surface area (Å²) in [5.41, 5.74) is 0. The highest BCUT2D eigenvalue weighted by Gasteiger charge is 2.16. The van der Waals surface area contributed by atoms with Gasteiger partial charge < -0.3 is 14.2 Å². The smallest absolute Gasteiger partial charge is 0.166 e. The van der Waals surface area contributed by atoms with Crippen LogP contribution in [-0.4, -0.2) is 43.7 Å². The summed E-state index contributed by atoms with van der Waals surface area (Å²) in [5, 5.41) is 0. The van der Waals surface area contributed by atoms with E-state index in [1.54, 1.807) is 0 Å². The molecule has 1 fully saturated rings. The van der Waals surface area contributed by atoms with Gasteiger partial charge >= 0.3 is 0 Å². The fourth-order valence-electron chi connectivity index (χ4n) is 1.59. The first-order chi connectivity index (χ1) is 7.36. The number of thioether (sulfide) groups is 1. The summed E-state index contributed by atoms with van der Waals surface area (Å²) in [6.07, 6.45) is 2.83. The van der Waals surface area contributed by atoms with Crippen molar-refractivity contribution >= 4 is 11.8 Å². The second kappa shape index (κ2) is 8.39. The molecule has 0 aromatic rings. The van der Waals surface area contributed by atoms with Crippen molar-refractivity contribution in [2.45, 2.75) is 39.1 Å². The van der Waals surface area contributed by atoms with Crippen molar-refractivity contribution in [3.05, 3.63) is 0 Å². The molecule has 1 atom stereocenters. The van der Waals surface area contributed by atoms with Gasteiger partial charge in [0.2, 0.25) is 0 Å². The van der Waals surface area contributed by atoms with Gasteiger partial charge in [-0.2, -0.15) is 11.8 Å². The lowest BCUT2D eigenvalue weighted by Gasteiger charge is -2.17. The highest BCUT2D eigenvalue weighted by atomic mass is 32.2. The maximum absolute atomic E-state index is 5.55. The topological polar surface area (TPSA) is 27.7 Å². The Hall–Kier alpha value is 0.230. The zero-order valence-electron chi connectivity index (χ0n) is 9.74. The van der Waals surface area contributed by atoms with Crippen LogP contribution >= 0.6 is 11.8 Å². The second-order valence-corrected chi connectivity index (χ2v) is 4.59. The standard InChI is InChI=1S/C11H22O3S/c1-3-12-11(13-4-2)9-15-8-10-6-5-7-14-10/h10-11H,3-9H2,1-2H3. The van der Waals surface area contributed by atoms with Crippen molar-refractivity contribution < 1.29 is 14.2 Å². The lowest BCUT2D eigenvalue weighted by atomic mass is 10.3. The van der Waals surface area contributed by atoms with Gasteiger partial charge in [0, 0.05) is 31.3 Å². The average Bonchev–Trinajstić information content (AvgIpc) is 2.71. The SMILES string of the molecule is CCOC(CSCC1CCCO1)OCC. The molecule has 0 aromatic carbocycles. The van der Waals surface area contributed by atoms with Crippen molar-refractivity contribution in [2.24, 2.45) is 0 Å². The number of rotatable bonds is 8. The molecule has 0 radical (unpaired) electrons. The number of hydrogen-bond acceptors (Lipinski definition) is 4. The van der Waals surface area contributed by atoms with E-state index in [0.29, 0.717) is 19.3 Å². The lowest BCUT2D eigenvalue weighted by Crippen LogP contribution is -2.21. The Morgan fingerprint density at radius 1 is 1.33 bits per heavy atom. The van der Waals surface area contributed by atoms with Crippen LogP contribution in [0.3, 0.4) is 0 Å². The zero-order chi connectivity index (χ0) is 10.9. The summed E-state index contributed by atoms with van der Waals surface area (Å²) in [5.74, 6) is 1.97. The molecule has 0 aliphatic carbocycles. The third kappa shape index (κ3) is 5.76. The van der Waals surface area contributed by atoms with Gasteiger partial charge in [-0.25, -0.2) is 0 Å². The Labute approximate surface area is 96.8 Å². The van der Waals surface area contributed by atoms with Gasteiger partial charge in [0.05, 0.1) is 6.10 Å². The predicted molar refractivity (Wildman–Crippen MR) is 63.3 cm³/mol. The van der Waals surface area contributed by atoms with E-state index in [1.165, 1.54) is 12.8 Å². The van der Waals surface area contributed by atoms with Gasteiger partial charge in [-0.15, -0.1) is 0 Å². The molecule has 15 heavy (non-hydrogen) atoms. The van der Waals surface area contributed by atoms with Crippen molar-refractivity contribution in [2.75, 3.05) is 31.3 Å². The van der Waals surface area contributed by atoms with Gasteiger partial charge in [0.1, 0.15) is 0 Å². The number of hydrogen-bond donors (Lipinski definition) is 0. The second-order valence-electron chi connectivity index (χ2n) is 3.51. The zero-order valence-corrected chi connectivity index (χ0v) is 10.6. The van der Waals surface area contributed by atoms with E-state index >= 15 is 0 Å². The fraction of sp³-hybridized carbons (Fsp3) is 1.00. The van der Waals surface area contributed by atoms with Gasteiger partial charge in [0.15, 0.2) is 6.29 Å². The van der Waals surface area contributed by atoms with E-state index in [9.17, 15) is 0 Å². The third-order valence-electron chi connectivity index (χ3n) is 2.29. The van der Waals surface area contributed by atoms with Crippen LogP contribution in [0.4, 0.5) is 0 Å². The van der Waals surface area contributed by atoms with Gasteiger partial charge in [-0.1, -0.05) is 0 Å². The molecule has 90 valence electrons. The van der Waals surface area contributed by atoms with Gasteiger partial charge in [0.25, 0.3) is 0 Å². The van der Waals surface area contributed by atoms with E-state index < -0.39 is 0 Å². The van der Waals surface area contributed by atoms with Crippen molar-refractivity contribution in [1.82, 2.24) is 0 Å². The minimum absolute atomic E-state index is 0.0496. The van der Waals surface area contributed by atoms with Crippen LogP contribution in [0.25, 0.3) is 0 Å². The summed E-state index contributed by atoms with van der Waals surface area (Å²) in [6.45, 7) is 6.36. The Morgan fingerprint density at radius 3 is 2.60 bits per heavy atom. The maximum Gasteiger partial charge on any atom is 0.166 e. The van der Waals surface area contributed by atoms with E-state index in [0.717, 1.165) is 18.1 Å². The summed E-state index contributed by atoms with van der Waals surface area (Å²) >= 11 is 1.86. The minimum atomic E-state index is -0.0496. The summed E-state index contributed by atoms with van der Waals surface area (Å²) < 4.78 is 16.5. The van der Waals surface area contributed by atoms with E-state index in [-0.39, 0.29) is 6.29 Å². The molecule has 4 heteroatoms. The molecular formula is C11H22O3S. The molecule has 0 amide bonds. The quantitative estimate of drug-likeness (QED) is 0.602. The molecule has 1 aliphatic rings. The monoisotopic (exact) mass is 234 g/mol. The fourth-order valence-corrected chi connectivity index (χ4v) is 2.63. The van der Waals surface area contributed by atoms with Crippen LogP contribution in [0.2, 0.25) is 0 Å². The van der Waals surface area contributed by atoms with Crippen LogP contribution in [-0.2, 0) is 14.2 Å². The van der Waals surface area contributed by atoms with Crippen LogP contribution in [0, 0.1) is 0 Å². The van der Waals surface area contributed by atoms with Crippen molar-refractivity contribution in [3.8, 4) is 0 Å². The Balaban J connectivity index is 2.04. The van der Waals surface area contributed by atoms with Crippen LogP contribution in [0.1, 0.15) is 26.7 Å². The van der Waals surface area contributed by atoms with Crippen LogP contribution in [0.15, 0.2) is 0 Å². The Kier molecular flexibility index (Phi) is 7.44. The first-order valence-electron chi connectivity index (χ1n) is 5.79. The largest absolute Gasteiger partial charge is 0.377 e. The molecule has 0 N–H and O–H groups in total. The Bertz CT molecular complexity index is 143. The molecule has 1 rings (SSSR count). The molecule has 1 heterocycles. The van der Waals surface area contributed by atoms with Crippen LogP contribution in [0.5, 0.6) is 0 Å². The number of ether oxygens (including phenoxy) is 3. The highest BCUT2D eigenvalue weighted by Crippen LogP contribution is 2.18. The molecule has 0 aromatic heterocycles. The minimum Gasteiger partial charge on any atom is -0.377 e. The molecule has 1 aliphatic heterocycles. The molecule has 0 bridgehead atoms. The molecule has 0 spiro atoms. The van der Waals surface area contributed by atoms with Crippen molar-refractivity contribution in [3.63, 3.8) is 0 Å². The first-order valence-corrected chi connectivity index (χ1v) is 6.94. The molecular weight excluding hydrogens is 212 g/mol. The lowest BCUT2D eigenvalue weighted by molar-refractivity contribution is -0.120. The van der Waals surface area contributed by atoms with Gasteiger partial charge in [-0.05, 0) is 26.7 Å². The highest BCUT2D eigenvalue weighted by molar-refractivity contribution is 7.99. The molecule has 3 nitrogen and oxygen atoms in total. The van der Waals surface area contributed by atoms with E-state index in [4.69, 9.17) is 14.2 Å². The van der Waals surface area contributed by atoms with Crippen molar-refractivity contribution in [1.29, 1.82) is 0 Å². The summed E-state index contributed by atoms with van der Waals surface area (Å²) in [4.78, 5) is 0. The molecule has 1 saturated heterocycles. The average molecular weight is 234 g/mol. The first kappa shape index (κ1) is 13.3. The summed E-state index contributed by atoms with van der Waals surface area (Å²) in [6, 6.07) is 0. The van der Waals surface area contributed by atoms with Gasteiger partial charge in [-0.3, -0.25) is 0 Å². The molecule has 1 unspecified atom stereocenters. The predicted octanol–water partition coefficient (Wildman–Crippen LogP) is 2.30. The molecule has 0 saturated carbocycles. The Morgan fingerprint density at radius 2 is 2.07 bits per heavy atom. The van der Waals surface area contributed by atoms with E-state index in [2.05, 4.69) is 0 Å². The normalized spacial score (nSPS) is 21.4. The van der Waals surface area contributed by atoms with E-state index in [1.807, 2.05) is 25.6 Å². The maximum atomic E-state index is 5.55.